The molecule has 1 saturated carbocycles. The van der Waals surface area contributed by atoms with E-state index in [1.54, 1.807) is 6.20 Å². The van der Waals surface area contributed by atoms with Gasteiger partial charge >= 0.3 is 0 Å². The van der Waals surface area contributed by atoms with Crippen molar-refractivity contribution in [3.8, 4) is 0 Å². The molecular formula is C25H35N5OS. The summed E-state index contributed by atoms with van der Waals surface area (Å²) in [5.41, 5.74) is 1.65. The molecule has 4 heterocycles. The topological polar surface area (TPSA) is 52.6 Å². The third-order valence-electron chi connectivity index (χ3n) is 7.78. The number of likely N-dealkylation sites (tertiary alicyclic amines) is 2. The van der Waals surface area contributed by atoms with Crippen LogP contribution >= 0.6 is 11.3 Å². The summed E-state index contributed by atoms with van der Waals surface area (Å²) in [6.45, 7) is 7.25. The summed E-state index contributed by atoms with van der Waals surface area (Å²) in [6.07, 6.45) is 11.4. The molecule has 0 radical (unpaired) electrons. The Kier molecular flexibility index (Phi) is 6.21. The minimum absolute atomic E-state index is 0.147. The van der Waals surface area contributed by atoms with Crippen molar-refractivity contribution in [1.82, 2.24) is 19.8 Å². The van der Waals surface area contributed by atoms with Gasteiger partial charge in [-0.25, -0.2) is 4.98 Å². The van der Waals surface area contributed by atoms with Crippen LogP contribution in [0, 0.1) is 11.3 Å². The third-order valence-corrected chi connectivity index (χ3v) is 8.88. The molecule has 1 spiro atoms. The quantitative estimate of drug-likeness (QED) is 0.653. The van der Waals surface area contributed by atoms with Crippen LogP contribution in [0.5, 0.6) is 0 Å². The maximum absolute atomic E-state index is 13.3. The van der Waals surface area contributed by atoms with E-state index < -0.39 is 0 Å². The van der Waals surface area contributed by atoms with Gasteiger partial charge in [-0.15, -0.1) is 0 Å². The van der Waals surface area contributed by atoms with Gasteiger partial charge in [-0.3, -0.25) is 14.7 Å². The summed E-state index contributed by atoms with van der Waals surface area (Å²) in [7, 11) is 2.01. The second kappa shape index (κ2) is 9.10. The lowest BCUT2D eigenvalue weighted by molar-refractivity contribution is 0.0219. The van der Waals surface area contributed by atoms with Gasteiger partial charge in [0.15, 0.2) is 5.13 Å². The summed E-state index contributed by atoms with van der Waals surface area (Å²) in [4.78, 5) is 29.9. The molecule has 2 atom stereocenters. The van der Waals surface area contributed by atoms with E-state index in [1.807, 2.05) is 31.4 Å². The van der Waals surface area contributed by atoms with E-state index in [0.717, 1.165) is 41.6 Å². The number of hydrogen-bond acceptors (Lipinski definition) is 6. The molecule has 3 aliphatic rings. The molecule has 2 aliphatic heterocycles. The number of hydrogen-bond donors (Lipinski definition) is 0. The summed E-state index contributed by atoms with van der Waals surface area (Å²) in [5, 5.41) is 0.865. The lowest BCUT2D eigenvalue weighted by atomic mass is 9.85. The molecule has 7 heteroatoms. The highest BCUT2D eigenvalue weighted by molar-refractivity contribution is 7.17. The Labute approximate surface area is 195 Å². The number of nitrogens with zero attached hydrogens (tertiary/aromatic N) is 5. The number of rotatable bonds is 6. The molecule has 1 aliphatic carbocycles. The SMILES string of the molecule is CCC1CN(C(=O)c2cnc(N(C)Cc3ccccn3)s2)CCC1N1CCCC2(CC2)C1. The predicted octanol–water partition coefficient (Wildman–Crippen LogP) is 4.29. The van der Waals surface area contributed by atoms with Crippen LogP contribution in [0.2, 0.25) is 0 Å². The highest BCUT2D eigenvalue weighted by Crippen LogP contribution is 2.52. The van der Waals surface area contributed by atoms with E-state index in [-0.39, 0.29) is 5.91 Å². The first-order chi connectivity index (χ1) is 15.6. The van der Waals surface area contributed by atoms with Crippen molar-refractivity contribution in [2.75, 3.05) is 38.1 Å². The maximum Gasteiger partial charge on any atom is 0.265 e. The van der Waals surface area contributed by atoms with Crippen molar-refractivity contribution in [2.24, 2.45) is 11.3 Å². The first-order valence-corrected chi connectivity index (χ1v) is 13.0. The second-order valence-corrected chi connectivity index (χ2v) is 11.0. The van der Waals surface area contributed by atoms with Crippen LogP contribution in [0.3, 0.4) is 0 Å². The molecule has 0 aromatic carbocycles. The third kappa shape index (κ3) is 4.55. The van der Waals surface area contributed by atoms with Gasteiger partial charge in [0.25, 0.3) is 5.91 Å². The Bertz CT molecular complexity index is 927. The van der Waals surface area contributed by atoms with Crippen molar-refractivity contribution < 1.29 is 4.79 Å². The molecule has 0 N–H and O–H groups in total. The van der Waals surface area contributed by atoms with Crippen molar-refractivity contribution in [3.63, 3.8) is 0 Å². The zero-order valence-corrected chi connectivity index (χ0v) is 20.2. The number of carbonyl (C=O) groups is 1. The molecule has 6 nitrogen and oxygen atoms in total. The number of anilines is 1. The van der Waals surface area contributed by atoms with Crippen molar-refractivity contribution >= 4 is 22.4 Å². The van der Waals surface area contributed by atoms with E-state index in [4.69, 9.17) is 0 Å². The van der Waals surface area contributed by atoms with E-state index in [2.05, 4.69) is 31.6 Å². The van der Waals surface area contributed by atoms with Crippen molar-refractivity contribution in [3.05, 3.63) is 41.2 Å². The van der Waals surface area contributed by atoms with E-state index in [9.17, 15) is 4.79 Å². The number of piperidine rings is 2. The highest BCUT2D eigenvalue weighted by atomic mass is 32.1. The van der Waals surface area contributed by atoms with Gasteiger partial charge in [-0.2, -0.15) is 0 Å². The first kappa shape index (κ1) is 21.8. The van der Waals surface area contributed by atoms with Crippen molar-refractivity contribution in [1.29, 1.82) is 0 Å². The predicted molar refractivity (Wildman–Crippen MR) is 129 cm³/mol. The molecule has 2 aromatic rings. The Balaban J connectivity index is 1.21. The molecule has 5 rings (SSSR count). The zero-order valence-electron chi connectivity index (χ0n) is 19.4. The smallest absolute Gasteiger partial charge is 0.265 e. The van der Waals surface area contributed by atoms with E-state index in [1.165, 1.54) is 50.1 Å². The van der Waals surface area contributed by atoms with Gasteiger partial charge in [-0.1, -0.05) is 30.7 Å². The average molecular weight is 454 g/mol. The van der Waals surface area contributed by atoms with Gasteiger partial charge in [-0.05, 0) is 62.1 Å². The number of aromatic nitrogens is 2. The second-order valence-electron chi connectivity index (χ2n) is 10.0. The molecule has 32 heavy (non-hydrogen) atoms. The highest BCUT2D eigenvalue weighted by Gasteiger charge is 2.47. The Hall–Kier alpha value is -1.99. The fraction of sp³-hybridized carbons (Fsp3) is 0.640. The molecule has 2 aromatic heterocycles. The lowest BCUT2D eigenvalue weighted by Gasteiger charge is -2.46. The standard InChI is InChI=1S/C25H35N5OS/c1-3-19-16-29(14-8-21(19)30-13-6-9-25(18-30)10-11-25)23(31)22-15-27-24(32-22)28(2)17-20-7-4-5-12-26-20/h4-5,7,12,15,19,21H,3,6,8-11,13-14,16-18H2,1-2H3. The normalized spacial score (nSPS) is 25.1. The zero-order chi connectivity index (χ0) is 22.1. The summed E-state index contributed by atoms with van der Waals surface area (Å²) >= 11 is 1.49. The summed E-state index contributed by atoms with van der Waals surface area (Å²) in [5.74, 6) is 0.718. The van der Waals surface area contributed by atoms with E-state index in [0.29, 0.717) is 23.9 Å². The number of thiazole rings is 1. The van der Waals surface area contributed by atoms with E-state index >= 15 is 0 Å². The van der Waals surface area contributed by atoms with Gasteiger partial charge < -0.3 is 9.80 Å². The number of carbonyl (C=O) groups excluding carboxylic acids is 1. The molecule has 0 bridgehead atoms. The maximum atomic E-state index is 13.3. The Morgan fingerprint density at radius 3 is 2.88 bits per heavy atom. The minimum atomic E-state index is 0.147. The van der Waals surface area contributed by atoms with Crippen LogP contribution in [0.1, 0.15) is 60.8 Å². The molecular weight excluding hydrogens is 418 g/mol. The van der Waals surface area contributed by atoms with Crippen LogP contribution in [0.4, 0.5) is 5.13 Å². The Morgan fingerprint density at radius 1 is 1.25 bits per heavy atom. The fourth-order valence-electron chi connectivity index (χ4n) is 5.70. The van der Waals surface area contributed by atoms with Gasteiger partial charge in [0, 0.05) is 38.9 Å². The average Bonchev–Trinajstić information content (AvgIpc) is 3.37. The largest absolute Gasteiger partial charge is 0.345 e. The molecule has 2 unspecified atom stereocenters. The fourth-order valence-corrected chi connectivity index (χ4v) is 6.54. The molecule has 3 fully saturated rings. The summed E-state index contributed by atoms with van der Waals surface area (Å²) in [6, 6.07) is 6.57. The monoisotopic (exact) mass is 453 g/mol. The van der Waals surface area contributed by atoms with Gasteiger partial charge in [0.1, 0.15) is 4.88 Å². The number of pyridine rings is 1. The van der Waals surface area contributed by atoms with Crippen LogP contribution in [0.25, 0.3) is 0 Å². The van der Waals surface area contributed by atoms with Crippen LogP contribution in [0.15, 0.2) is 30.6 Å². The van der Waals surface area contributed by atoms with Gasteiger partial charge in [0.05, 0.1) is 18.4 Å². The minimum Gasteiger partial charge on any atom is -0.345 e. The van der Waals surface area contributed by atoms with Gasteiger partial charge in [0.2, 0.25) is 0 Å². The molecule has 2 saturated heterocycles. The molecule has 172 valence electrons. The lowest BCUT2D eigenvalue weighted by Crippen LogP contribution is -2.54. The van der Waals surface area contributed by atoms with Crippen LogP contribution in [-0.4, -0.2) is 64.9 Å². The first-order valence-electron chi connectivity index (χ1n) is 12.2. The Morgan fingerprint density at radius 2 is 2.12 bits per heavy atom. The van der Waals surface area contributed by atoms with Crippen molar-refractivity contribution in [2.45, 2.75) is 58.0 Å². The summed E-state index contributed by atoms with van der Waals surface area (Å²) < 4.78 is 0. The van der Waals surface area contributed by atoms with Crippen LogP contribution in [-0.2, 0) is 6.54 Å². The molecule has 1 amide bonds. The van der Waals surface area contributed by atoms with Crippen LogP contribution < -0.4 is 4.90 Å². The number of amides is 1.